The second-order valence-electron chi connectivity index (χ2n) is 7.35. The molecule has 0 atom stereocenters. The summed E-state index contributed by atoms with van der Waals surface area (Å²) in [5, 5.41) is 11.3. The lowest BCUT2D eigenvalue weighted by molar-refractivity contribution is 0.0950. The number of H-pyrrole nitrogens is 1. The Labute approximate surface area is 161 Å². The van der Waals surface area contributed by atoms with E-state index in [2.05, 4.69) is 20.6 Å². The first kappa shape index (κ1) is 18.2. The fourth-order valence-corrected chi connectivity index (χ4v) is 3.31. The number of amides is 1. The summed E-state index contributed by atoms with van der Waals surface area (Å²) in [5.74, 6) is 0.799. The fourth-order valence-electron chi connectivity index (χ4n) is 3.31. The monoisotopic (exact) mass is 381 g/mol. The smallest absolute Gasteiger partial charge is 0.261 e. The Balaban J connectivity index is 1.47. The molecule has 28 heavy (non-hydrogen) atoms. The molecule has 3 aromatic rings. The minimum Gasteiger partial charge on any atom is -0.356 e. The molecule has 3 heterocycles. The van der Waals surface area contributed by atoms with E-state index in [-0.39, 0.29) is 17.0 Å². The highest BCUT2D eigenvalue weighted by molar-refractivity contribution is 5.93. The second kappa shape index (κ2) is 7.10. The molecule has 8 nitrogen and oxygen atoms in total. The van der Waals surface area contributed by atoms with Gasteiger partial charge in [0.15, 0.2) is 5.76 Å². The summed E-state index contributed by atoms with van der Waals surface area (Å²) in [5.41, 5.74) is 4.30. The number of aromatic nitrogens is 4. The van der Waals surface area contributed by atoms with Crippen molar-refractivity contribution in [2.45, 2.75) is 46.1 Å². The SMILES string of the molecule is Cc1cc(-c2cnn(CCNC(=O)c3cc(C)c(C)[nH]c3=O)c2C2CC2)on1. The molecule has 3 aromatic heterocycles. The van der Waals surface area contributed by atoms with Crippen molar-refractivity contribution in [3.63, 3.8) is 0 Å². The van der Waals surface area contributed by atoms with Gasteiger partial charge in [-0.1, -0.05) is 5.16 Å². The average Bonchev–Trinajstić information content (AvgIpc) is 3.26. The molecule has 1 saturated carbocycles. The first-order valence-corrected chi connectivity index (χ1v) is 9.42. The van der Waals surface area contributed by atoms with Gasteiger partial charge in [-0.2, -0.15) is 5.10 Å². The van der Waals surface area contributed by atoms with E-state index in [9.17, 15) is 9.59 Å². The van der Waals surface area contributed by atoms with Gasteiger partial charge in [0, 0.05) is 24.2 Å². The maximum absolute atomic E-state index is 12.4. The van der Waals surface area contributed by atoms with E-state index in [1.54, 1.807) is 12.3 Å². The van der Waals surface area contributed by atoms with Gasteiger partial charge < -0.3 is 14.8 Å². The summed E-state index contributed by atoms with van der Waals surface area (Å²) in [6.45, 7) is 6.46. The molecule has 0 radical (unpaired) electrons. The molecule has 0 spiro atoms. The summed E-state index contributed by atoms with van der Waals surface area (Å²) in [6.07, 6.45) is 4.04. The lowest BCUT2D eigenvalue weighted by atomic mass is 10.1. The molecule has 0 unspecified atom stereocenters. The van der Waals surface area contributed by atoms with Crippen LogP contribution in [0.1, 0.15) is 51.8 Å². The van der Waals surface area contributed by atoms with Crippen molar-refractivity contribution in [3.8, 4) is 11.3 Å². The highest BCUT2D eigenvalue weighted by Gasteiger charge is 2.31. The number of hydrogen-bond acceptors (Lipinski definition) is 5. The maximum atomic E-state index is 12.4. The molecular formula is C20H23N5O3. The van der Waals surface area contributed by atoms with Crippen molar-refractivity contribution >= 4 is 5.91 Å². The zero-order valence-corrected chi connectivity index (χ0v) is 16.2. The largest absolute Gasteiger partial charge is 0.356 e. The van der Waals surface area contributed by atoms with Crippen LogP contribution in [-0.4, -0.2) is 32.4 Å². The number of carbonyl (C=O) groups is 1. The van der Waals surface area contributed by atoms with Gasteiger partial charge in [0.25, 0.3) is 11.5 Å². The number of aryl methyl sites for hydroxylation is 3. The average molecular weight is 381 g/mol. The van der Waals surface area contributed by atoms with Crippen LogP contribution in [0.2, 0.25) is 0 Å². The summed E-state index contributed by atoms with van der Waals surface area (Å²) >= 11 is 0. The third-order valence-electron chi connectivity index (χ3n) is 5.09. The Hall–Kier alpha value is -3.16. The molecule has 146 valence electrons. The molecule has 1 fully saturated rings. The van der Waals surface area contributed by atoms with Crippen LogP contribution in [-0.2, 0) is 6.54 Å². The van der Waals surface area contributed by atoms with E-state index >= 15 is 0 Å². The third kappa shape index (κ3) is 3.49. The van der Waals surface area contributed by atoms with Crippen molar-refractivity contribution in [1.82, 2.24) is 25.2 Å². The first-order valence-electron chi connectivity index (χ1n) is 9.42. The molecule has 2 N–H and O–H groups in total. The predicted octanol–water partition coefficient (Wildman–Crippen LogP) is 2.46. The molecule has 0 saturated heterocycles. The van der Waals surface area contributed by atoms with Crippen LogP contribution in [0.3, 0.4) is 0 Å². The van der Waals surface area contributed by atoms with Gasteiger partial charge in [-0.25, -0.2) is 0 Å². The van der Waals surface area contributed by atoms with E-state index in [0.29, 0.717) is 19.0 Å². The minimum absolute atomic E-state index is 0.129. The van der Waals surface area contributed by atoms with Crippen LogP contribution in [0.15, 0.2) is 27.6 Å². The molecule has 4 rings (SSSR count). The van der Waals surface area contributed by atoms with Gasteiger partial charge in [-0.05, 0) is 45.2 Å². The van der Waals surface area contributed by atoms with E-state index in [4.69, 9.17) is 4.52 Å². The zero-order valence-electron chi connectivity index (χ0n) is 16.2. The number of pyridine rings is 1. The topological polar surface area (TPSA) is 106 Å². The zero-order chi connectivity index (χ0) is 19.8. The van der Waals surface area contributed by atoms with Gasteiger partial charge in [-0.15, -0.1) is 0 Å². The van der Waals surface area contributed by atoms with Crippen LogP contribution < -0.4 is 10.9 Å². The van der Waals surface area contributed by atoms with Crippen LogP contribution in [0.25, 0.3) is 11.3 Å². The van der Waals surface area contributed by atoms with Crippen molar-refractivity contribution in [3.05, 3.63) is 56.9 Å². The van der Waals surface area contributed by atoms with E-state index in [1.165, 1.54) is 0 Å². The van der Waals surface area contributed by atoms with Gasteiger partial charge in [0.2, 0.25) is 0 Å². The van der Waals surface area contributed by atoms with Gasteiger partial charge >= 0.3 is 0 Å². The molecule has 1 amide bonds. The minimum atomic E-state index is -0.379. The van der Waals surface area contributed by atoms with Crippen LogP contribution >= 0.6 is 0 Å². The van der Waals surface area contributed by atoms with Crippen LogP contribution in [0.4, 0.5) is 0 Å². The standard InChI is InChI=1S/C20H23N5O3/c1-11-8-15(20(27)23-13(11)3)19(26)21-6-7-25-18(14-4-5-14)16(10-22-25)17-9-12(2)24-28-17/h8-10,14H,4-7H2,1-3H3,(H,21,26)(H,23,27). The van der Waals surface area contributed by atoms with E-state index in [1.807, 2.05) is 31.5 Å². The molecule has 0 aromatic carbocycles. The number of hydrogen-bond donors (Lipinski definition) is 2. The van der Waals surface area contributed by atoms with Crippen LogP contribution in [0, 0.1) is 20.8 Å². The Morgan fingerprint density at radius 2 is 2.11 bits per heavy atom. The maximum Gasteiger partial charge on any atom is 0.261 e. The van der Waals surface area contributed by atoms with E-state index < -0.39 is 0 Å². The second-order valence-corrected chi connectivity index (χ2v) is 7.35. The first-order chi connectivity index (χ1) is 13.4. The molecule has 1 aliphatic carbocycles. The molecule has 1 aliphatic rings. The highest BCUT2D eigenvalue weighted by atomic mass is 16.5. The normalized spacial score (nSPS) is 13.7. The Morgan fingerprint density at radius 3 is 2.79 bits per heavy atom. The Kier molecular flexibility index (Phi) is 4.62. The summed E-state index contributed by atoms with van der Waals surface area (Å²) in [7, 11) is 0. The number of aromatic amines is 1. The fraction of sp³-hybridized carbons (Fsp3) is 0.400. The van der Waals surface area contributed by atoms with Gasteiger partial charge in [0.05, 0.1) is 29.7 Å². The lowest BCUT2D eigenvalue weighted by Crippen LogP contribution is -2.32. The molecule has 0 aliphatic heterocycles. The van der Waals surface area contributed by atoms with Crippen molar-refractivity contribution in [2.24, 2.45) is 0 Å². The number of carbonyl (C=O) groups excluding carboxylic acids is 1. The van der Waals surface area contributed by atoms with Gasteiger partial charge in [-0.3, -0.25) is 14.3 Å². The van der Waals surface area contributed by atoms with E-state index in [0.717, 1.165) is 46.8 Å². The summed E-state index contributed by atoms with van der Waals surface area (Å²) < 4.78 is 7.32. The highest BCUT2D eigenvalue weighted by Crippen LogP contribution is 2.44. The summed E-state index contributed by atoms with van der Waals surface area (Å²) in [4.78, 5) is 27.1. The number of nitrogens with zero attached hydrogens (tertiary/aromatic N) is 3. The van der Waals surface area contributed by atoms with Gasteiger partial charge in [0.1, 0.15) is 5.56 Å². The molecular weight excluding hydrogens is 358 g/mol. The Bertz CT molecular complexity index is 1090. The summed E-state index contributed by atoms with van der Waals surface area (Å²) in [6, 6.07) is 3.53. The van der Waals surface area contributed by atoms with Crippen molar-refractivity contribution in [1.29, 1.82) is 0 Å². The molecule has 0 bridgehead atoms. The Morgan fingerprint density at radius 1 is 1.32 bits per heavy atom. The predicted molar refractivity (Wildman–Crippen MR) is 103 cm³/mol. The number of rotatable bonds is 6. The lowest BCUT2D eigenvalue weighted by Gasteiger charge is -2.10. The quantitative estimate of drug-likeness (QED) is 0.682. The number of nitrogens with one attached hydrogen (secondary N) is 2. The third-order valence-corrected chi connectivity index (χ3v) is 5.09. The van der Waals surface area contributed by atoms with Crippen LogP contribution in [0.5, 0.6) is 0 Å². The van der Waals surface area contributed by atoms with Crippen molar-refractivity contribution in [2.75, 3.05) is 6.54 Å². The molecule has 8 heteroatoms. The van der Waals surface area contributed by atoms with Crippen molar-refractivity contribution < 1.29 is 9.32 Å².